The minimum absolute atomic E-state index is 0.0318. The number of methoxy groups -OCH3 is 1. The highest BCUT2D eigenvalue weighted by Gasteiger charge is 2.41. The SMILES string of the molecule is COc1cc(/C=C2\SC(=S)N([C@H](CC(=O)O)C(=O)O)C2=O)ccc1O. The van der Waals surface area contributed by atoms with Crippen molar-refractivity contribution < 1.29 is 34.4 Å². The van der Waals surface area contributed by atoms with E-state index in [1.165, 1.54) is 31.4 Å². The number of hydrogen-bond donors (Lipinski definition) is 3. The first-order chi connectivity index (χ1) is 11.7. The molecule has 10 heteroatoms. The number of carboxylic acids is 2. The average Bonchev–Trinajstić information content (AvgIpc) is 2.80. The van der Waals surface area contributed by atoms with Crippen LogP contribution in [-0.4, -0.2) is 55.5 Å². The van der Waals surface area contributed by atoms with Crippen molar-refractivity contribution >= 4 is 52.2 Å². The van der Waals surface area contributed by atoms with Gasteiger partial charge in [-0.1, -0.05) is 30.0 Å². The van der Waals surface area contributed by atoms with E-state index >= 15 is 0 Å². The molecule has 1 aromatic carbocycles. The van der Waals surface area contributed by atoms with Crippen LogP contribution in [0.2, 0.25) is 0 Å². The van der Waals surface area contributed by atoms with Crippen LogP contribution in [0.25, 0.3) is 6.08 Å². The van der Waals surface area contributed by atoms with Crippen molar-refractivity contribution in [2.45, 2.75) is 12.5 Å². The summed E-state index contributed by atoms with van der Waals surface area (Å²) in [4.78, 5) is 35.6. The third kappa shape index (κ3) is 4.09. The molecule has 0 spiro atoms. The van der Waals surface area contributed by atoms with Crippen LogP contribution in [0.3, 0.4) is 0 Å². The fourth-order valence-corrected chi connectivity index (χ4v) is 3.50. The number of carboxylic acid groups (broad SMARTS) is 2. The zero-order valence-electron chi connectivity index (χ0n) is 12.8. The number of aromatic hydroxyl groups is 1. The van der Waals surface area contributed by atoms with Crippen LogP contribution in [-0.2, 0) is 14.4 Å². The fraction of sp³-hybridized carbons (Fsp3) is 0.200. The maximum absolute atomic E-state index is 12.5. The van der Waals surface area contributed by atoms with E-state index < -0.39 is 30.3 Å². The van der Waals surface area contributed by atoms with E-state index in [9.17, 15) is 24.6 Å². The number of phenols is 1. The Kier molecular flexibility index (Phi) is 5.65. The molecular weight excluding hydrogens is 370 g/mol. The van der Waals surface area contributed by atoms with Crippen molar-refractivity contribution in [2.75, 3.05) is 7.11 Å². The molecule has 3 N–H and O–H groups in total. The summed E-state index contributed by atoms with van der Waals surface area (Å²) >= 11 is 5.91. The number of rotatable bonds is 6. The molecule has 0 aliphatic carbocycles. The summed E-state index contributed by atoms with van der Waals surface area (Å²) in [6, 6.07) is 2.84. The van der Waals surface area contributed by atoms with Crippen LogP contribution < -0.4 is 4.74 Å². The van der Waals surface area contributed by atoms with E-state index in [2.05, 4.69) is 0 Å². The van der Waals surface area contributed by atoms with Gasteiger partial charge in [0.25, 0.3) is 5.91 Å². The van der Waals surface area contributed by atoms with Gasteiger partial charge in [-0.2, -0.15) is 0 Å². The predicted octanol–water partition coefficient (Wildman–Crippen LogP) is 1.53. The number of thioether (sulfide) groups is 1. The molecule has 1 fully saturated rings. The minimum Gasteiger partial charge on any atom is -0.504 e. The molecule has 0 unspecified atom stereocenters. The molecule has 1 aliphatic heterocycles. The monoisotopic (exact) mass is 383 g/mol. The number of nitrogens with zero attached hydrogens (tertiary/aromatic N) is 1. The molecule has 0 radical (unpaired) electrons. The summed E-state index contributed by atoms with van der Waals surface area (Å²) in [5, 5.41) is 27.6. The molecule has 1 amide bonds. The zero-order chi connectivity index (χ0) is 18.7. The van der Waals surface area contributed by atoms with Gasteiger partial charge < -0.3 is 20.1 Å². The van der Waals surface area contributed by atoms with E-state index in [0.717, 1.165) is 16.7 Å². The second-order valence-electron chi connectivity index (χ2n) is 4.93. The zero-order valence-corrected chi connectivity index (χ0v) is 14.5. The molecule has 1 saturated heterocycles. The van der Waals surface area contributed by atoms with Gasteiger partial charge in [0.15, 0.2) is 11.5 Å². The Hall–Kier alpha value is -2.59. The standard InChI is InChI=1S/C15H13NO7S2/c1-23-10-4-7(2-3-9(10)17)5-11-13(20)16(15(24)25-11)8(14(21)22)6-12(18)19/h2-5,8,17H,6H2,1H3,(H,18,19)(H,21,22)/b11-5-/t8-/m1/s1. The minimum atomic E-state index is -1.58. The Morgan fingerprint density at radius 2 is 2.08 bits per heavy atom. The fourth-order valence-electron chi connectivity index (χ4n) is 2.14. The molecule has 25 heavy (non-hydrogen) atoms. The lowest BCUT2D eigenvalue weighted by Gasteiger charge is -2.21. The molecule has 1 heterocycles. The van der Waals surface area contributed by atoms with Crippen LogP contribution >= 0.6 is 24.0 Å². The molecule has 1 aliphatic rings. The Morgan fingerprint density at radius 1 is 1.40 bits per heavy atom. The van der Waals surface area contributed by atoms with Crippen molar-refractivity contribution in [1.29, 1.82) is 0 Å². The Morgan fingerprint density at radius 3 is 2.64 bits per heavy atom. The molecule has 132 valence electrons. The van der Waals surface area contributed by atoms with Gasteiger partial charge in [0.2, 0.25) is 0 Å². The Balaban J connectivity index is 2.34. The van der Waals surface area contributed by atoms with E-state index in [-0.39, 0.29) is 20.7 Å². The molecule has 2 rings (SSSR count). The normalized spacial score (nSPS) is 17.0. The first kappa shape index (κ1) is 18.7. The topological polar surface area (TPSA) is 124 Å². The highest BCUT2D eigenvalue weighted by Crippen LogP contribution is 2.36. The second-order valence-corrected chi connectivity index (χ2v) is 6.61. The van der Waals surface area contributed by atoms with Crippen molar-refractivity contribution in [3.05, 3.63) is 28.7 Å². The lowest BCUT2D eigenvalue weighted by molar-refractivity contribution is -0.150. The highest BCUT2D eigenvalue weighted by atomic mass is 32.2. The summed E-state index contributed by atoms with van der Waals surface area (Å²) < 4.78 is 4.95. The summed E-state index contributed by atoms with van der Waals surface area (Å²) in [6.07, 6.45) is 0.697. The van der Waals surface area contributed by atoms with Gasteiger partial charge in [0.1, 0.15) is 10.4 Å². The van der Waals surface area contributed by atoms with E-state index in [0.29, 0.717) is 5.56 Å². The van der Waals surface area contributed by atoms with Gasteiger partial charge in [-0.15, -0.1) is 0 Å². The second kappa shape index (κ2) is 7.53. The Bertz CT molecular complexity index is 790. The lowest BCUT2D eigenvalue weighted by Crippen LogP contribution is -2.45. The first-order valence-corrected chi connectivity index (χ1v) is 8.05. The van der Waals surface area contributed by atoms with Crippen molar-refractivity contribution in [3.8, 4) is 11.5 Å². The van der Waals surface area contributed by atoms with Gasteiger partial charge in [0, 0.05) is 0 Å². The number of thiocarbonyl (C=S) groups is 1. The lowest BCUT2D eigenvalue weighted by atomic mass is 10.1. The largest absolute Gasteiger partial charge is 0.504 e. The molecule has 1 aromatic rings. The maximum atomic E-state index is 12.5. The van der Waals surface area contributed by atoms with Gasteiger partial charge in [-0.3, -0.25) is 14.5 Å². The van der Waals surface area contributed by atoms with Crippen molar-refractivity contribution in [1.82, 2.24) is 4.90 Å². The smallest absolute Gasteiger partial charge is 0.327 e. The number of phenolic OH excluding ortho intramolecular Hbond substituents is 1. The van der Waals surface area contributed by atoms with Gasteiger partial charge in [-0.25, -0.2) is 4.79 Å². The average molecular weight is 383 g/mol. The number of amides is 1. The quantitative estimate of drug-likeness (QED) is 0.495. The van der Waals surface area contributed by atoms with E-state index in [1.807, 2.05) is 0 Å². The maximum Gasteiger partial charge on any atom is 0.327 e. The van der Waals surface area contributed by atoms with Crippen LogP contribution in [0.4, 0.5) is 0 Å². The molecule has 0 aromatic heterocycles. The summed E-state index contributed by atoms with van der Waals surface area (Å²) in [7, 11) is 1.38. The summed E-state index contributed by atoms with van der Waals surface area (Å²) in [5.41, 5.74) is 0.528. The van der Waals surface area contributed by atoms with Gasteiger partial charge in [0.05, 0.1) is 18.4 Å². The van der Waals surface area contributed by atoms with Crippen LogP contribution in [0.1, 0.15) is 12.0 Å². The molecular formula is C15H13NO7S2. The number of aliphatic carboxylic acids is 2. The van der Waals surface area contributed by atoms with Gasteiger partial charge >= 0.3 is 11.9 Å². The third-order valence-electron chi connectivity index (χ3n) is 3.29. The van der Waals surface area contributed by atoms with Crippen LogP contribution in [0.5, 0.6) is 11.5 Å². The predicted molar refractivity (Wildman–Crippen MR) is 93.3 cm³/mol. The van der Waals surface area contributed by atoms with Crippen LogP contribution in [0, 0.1) is 0 Å². The number of hydrogen-bond acceptors (Lipinski definition) is 7. The molecule has 0 saturated carbocycles. The molecule has 1 atom stereocenters. The summed E-state index contributed by atoms with van der Waals surface area (Å²) in [5.74, 6) is -3.35. The number of carbonyl (C=O) groups excluding carboxylic acids is 1. The van der Waals surface area contributed by atoms with Gasteiger partial charge in [-0.05, 0) is 23.8 Å². The van der Waals surface area contributed by atoms with E-state index in [1.54, 1.807) is 0 Å². The van der Waals surface area contributed by atoms with E-state index in [4.69, 9.17) is 22.1 Å². The van der Waals surface area contributed by atoms with Crippen LogP contribution in [0.15, 0.2) is 23.1 Å². The van der Waals surface area contributed by atoms with Crippen molar-refractivity contribution in [3.63, 3.8) is 0 Å². The molecule has 0 bridgehead atoms. The number of carbonyl (C=O) groups is 3. The molecule has 8 nitrogen and oxygen atoms in total. The highest BCUT2D eigenvalue weighted by molar-refractivity contribution is 8.26. The third-order valence-corrected chi connectivity index (χ3v) is 4.62. The Labute approximate surface area is 151 Å². The number of benzene rings is 1. The van der Waals surface area contributed by atoms with Crippen molar-refractivity contribution in [2.24, 2.45) is 0 Å². The number of ether oxygens (including phenoxy) is 1. The summed E-state index contributed by atoms with van der Waals surface area (Å²) in [6.45, 7) is 0. The first-order valence-electron chi connectivity index (χ1n) is 6.83.